The Bertz CT molecular complexity index is 1010. The zero-order chi connectivity index (χ0) is 19.7. The third-order valence-electron chi connectivity index (χ3n) is 3.49. The first-order valence-electron chi connectivity index (χ1n) is 7.27. The van der Waals surface area contributed by atoms with Crippen molar-refractivity contribution < 1.29 is 28.8 Å². The normalized spacial score (nSPS) is 15.6. The molecule has 1 aliphatic rings. The largest absolute Gasteiger partial charge is 0.480 e. The molecule has 0 bridgehead atoms. The second-order valence-electron chi connectivity index (χ2n) is 5.29. The Hall–Kier alpha value is -3.11. The molecule has 3 rings (SSSR count). The number of benzene rings is 1. The van der Waals surface area contributed by atoms with E-state index in [1.54, 1.807) is 12.1 Å². The molecule has 1 aromatic carbocycles. The van der Waals surface area contributed by atoms with E-state index in [0.717, 1.165) is 0 Å². The molecule has 9 nitrogen and oxygen atoms in total. The van der Waals surface area contributed by atoms with Crippen molar-refractivity contribution in [2.45, 2.75) is 0 Å². The number of carboxylic acid groups (broad SMARTS) is 1. The lowest BCUT2D eigenvalue weighted by atomic mass is 10.1. The van der Waals surface area contributed by atoms with Gasteiger partial charge in [0, 0.05) is 17.7 Å². The molecule has 0 atom stereocenters. The van der Waals surface area contributed by atoms with Gasteiger partial charge in [-0.25, -0.2) is 0 Å². The highest BCUT2D eigenvalue weighted by molar-refractivity contribution is 8.18. The number of nitro benzene ring substituents is 1. The van der Waals surface area contributed by atoms with Crippen molar-refractivity contribution in [3.63, 3.8) is 0 Å². The van der Waals surface area contributed by atoms with Crippen molar-refractivity contribution in [1.29, 1.82) is 0 Å². The van der Waals surface area contributed by atoms with Crippen LogP contribution in [0.5, 0.6) is 0 Å². The summed E-state index contributed by atoms with van der Waals surface area (Å²) in [6.45, 7) is -0.722. The first-order chi connectivity index (χ1) is 12.8. The summed E-state index contributed by atoms with van der Waals surface area (Å²) in [4.78, 5) is 45.6. The van der Waals surface area contributed by atoms with Crippen LogP contribution in [0.3, 0.4) is 0 Å². The van der Waals surface area contributed by atoms with Crippen molar-refractivity contribution in [2.75, 3.05) is 6.54 Å². The SMILES string of the molecule is O=C(O)CN1C(=O)SC(=Cc2ccc(-c3ccc(Cl)c([N+](=O)[O-])c3)o2)C1=O. The van der Waals surface area contributed by atoms with E-state index in [-0.39, 0.29) is 21.4 Å². The fourth-order valence-electron chi connectivity index (χ4n) is 2.29. The van der Waals surface area contributed by atoms with E-state index in [2.05, 4.69) is 0 Å². The predicted octanol–water partition coefficient (Wildman–Crippen LogP) is 3.63. The van der Waals surface area contributed by atoms with Gasteiger partial charge in [-0.2, -0.15) is 0 Å². The van der Waals surface area contributed by atoms with Gasteiger partial charge in [0.2, 0.25) is 0 Å². The number of furan rings is 1. The highest BCUT2D eigenvalue weighted by Gasteiger charge is 2.36. The summed E-state index contributed by atoms with van der Waals surface area (Å²) < 4.78 is 5.55. The van der Waals surface area contributed by atoms with E-state index in [0.29, 0.717) is 28.0 Å². The number of carbonyl (C=O) groups is 3. The molecule has 0 aliphatic carbocycles. The average molecular weight is 409 g/mol. The van der Waals surface area contributed by atoms with Crippen LogP contribution in [0.4, 0.5) is 10.5 Å². The van der Waals surface area contributed by atoms with Gasteiger partial charge in [0.05, 0.1) is 9.83 Å². The number of carboxylic acids is 1. The number of carbonyl (C=O) groups excluding carboxylic acids is 2. The van der Waals surface area contributed by atoms with Gasteiger partial charge in [0.15, 0.2) is 0 Å². The molecule has 1 aliphatic heterocycles. The Morgan fingerprint density at radius 1 is 1.33 bits per heavy atom. The summed E-state index contributed by atoms with van der Waals surface area (Å²) in [7, 11) is 0. The summed E-state index contributed by atoms with van der Waals surface area (Å²) >= 11 is 6.38. The number of hydrogen-bond acceptors (Lipinski definition) is 7. The average Bonchev–Trinajstić information content (AvgIpc) is 3.15. The minimum Gasteiger partial charge on any atom is -0.480 e. The van der Waals surface area contributed by atoms with Gasteiger partial charge in [0.1, 0.15) is 23.1 Å². The molecule has 2 aromatic rings. The monoisotopic (exact) mass is 408 g/mol. The summed E-state index contributed by atoms with van der Waals surface area (Å²) in [5.74, 6) is -1.51. The van der Waals surface area contributed by atoms with E-state index in [1.165, 1.54) is 24.3 Å². The van der Waals surface area contributed by atoms with E-state index in [9.17, 15) is 24.5 Å². The van der Waals surface area contributed by atoms with Crippen LogP contribution in [0.2, 0.25) is 5.02 Å². The summed E-state index contributed by atoms with van der Waals surface area (Å²) in [5, 5.41) is 19.0. The number of nitrogens with zero attached hydrogens (tertiary/aromatic N) is 2. The van der Waals surface area contributed by atoms with Crippen molar-refractivity contribution in [3.05, 3.63) is 56.1 Å². The van der Waals surface area contributed by atoms with Crippen LogP contribution < -0.4 is 0 Å². The van der Waals surface area contributed by atoms with Gasteiger partial charge in [-0.1, -0.05) is 11.6 Å². The molecule has 2 amide bonds. The zero-order valence-corrected chi connectivity index (χ0v) is 14.8. The van der Waals surface area contributed by atoms with Gasteiger partial charge in [0.25, 0.3) is 16.8 Å². The lowest BCUT2D eigenvalue weighted by Crippen LogP contribution is -2.33. The molecule has 0 radical (unpaired) electrons. The number of rotatable bonds is 5. The highest BCUT2D eigenvalue weighted by atomic mass is 35.5. The molecule has 0 unspecified atom stereocenters. The van der Waals surface area contributed by atoms with Crippen LogP contribution >= 0.6 is 23.4 Å². The maximum Gasteiger partial charge on any atom is 0.323 e. The predicted molar refractivity (Wildman–Crippen MR) is 96.1 cm³/mol. The molecule has 1 fully saturated rings. The lowest BCUT2D eigenvalue weighted by Gasteiger charge is -2.07. The van der Waals surface area contributed by atoms with Crippen LogP contribution in [0.15, 0.2) is 39.7 Å². The van der Waals surface area contributed by atoms with Crippen molar-refractivity contribution in [1.82, 2.24) is 4.90 Å². The molecule has 0 spiro atoms. The van der Waals surface area contributed by atoms with Crippen LogP contribution in [-0.4, -0.2) is 38.6 Å². The Labute approximate surface area is 160 Å². The molecule has 1 aromatic heterocycles. The van der Waals surface area contributed by atoms with Gasteiger partial charge in [-0.05, 0) is 36.0 Å². The number of aliphatic carboxylic acids is 1. The zero-order valence-electron chi connectivity index (χ0n) is 13.2. The summed E-state index contributed by atoms with van der Waals surface area (Å²) in [6, 6.07) is 7.22. The lowest BCUT2D eigenvalue weighted by molar-refractivity contribution is -0.384. The molecule has 1 N–H and O–H groups in total. The molecule has 2 heterocycles. The van der Waals surface area contributed by atoms with E-state index < -0.39 is 28.6 Å². The Morgan fingerprint density at radius 2 is 2.07 bits per heavy atom. The highest BCUT2D eigenvalue weighted by Crippen LogP contribution is 2.34. The van der Waals surface area contributed by atoms with Crippen molar-refractivity contribution >= 4 is 52.2 Å². The first kappa shape index (κ1) is 18.7. The topological polar surface area (TPSA) is 131 Å². The molecule has 11 heteroatoms. The number of amides is 2. The van der Waals surface area contributed by atoms with E-state index in [4.69, 9.17) is 21.1 Å². The van der Waals surface area contributed by atoms with E-state index >= 15 is 0 Å². The third kappa shape index (κ3) is 3.86. The minimum atomic E-state index is -1.30. The Balaban J connectivity index is 1.87. The molecule has 27 heavy (non-hydrogen) atoms. The molecular weight excluding hydrogens is 400 g/mol. The fraction of sp³-hybridized carbons (Fsp3) is 0.0625. The second kappa shape index (κ2) is 7.25. The van der Waals surface area contributed by atoms with E-state index in [1.807, 2.05) is 0 Å². The van der Waals surface area contributed by atoms with Crippen LogP contribution in [0, 0.1) is 10.1 Å². The molecule has 138 valence electrons. The van der Waals surface area contributed by atoms with Crippen molar-refractivity contribution in [2.24, 2.45) is 0 Å². The van der Waals surface area contributed by atoms with Gasteiger partial charge < -0.3 is 9.52 Å². The molecule has 0 saturated carbocycles. The van der Waals surface area contributed by atoms with Gasteiger partial charge >= 0.3 is 5.97 Å². The Kier molecular flexibility index (Phi) is 5.02. The fourth-order valence-corrected chi connectivity index (χ4v) is 3.30. The second-order valence-corrected chi connectivity index (χ2v) is 6.69. The maximum atomic E-state index is 12.1. The van der Waals surface area contributed by atoms with Crippen LogP contribution in [-0.2, 0) is 9.59 Å². The van der Waals surface area contributed by atoms with Crippen LogP contribution in [0.1, 0.15) is 5.76 Å². The number of imide groups is 1. The van der Waals surface area contributed by atoms with Crippen molar-refractivity contribution in [3.8, 4) is 11.3 Å². The molecular formula is C16H9ClN2O7S. The van der Waals surface area contributed by atoms with Gasteiger partial charge in [-0.15, -0.1) is 0 Å². The summed E-state index contributed by atoms with van der Waals surface area (Å²) in [6.07, 6.45) is 1.31. The van der Waals surface area contributed by atoms with Gasteiger partial charge in [-0.3, -0.25) is 29.4 Å². The van der Waals surface area contributed by atoms with Crippen LogP contribution in [0.25, 0.3) is 17.4 Å². The number of halogens is 1. The quantitative estimate of drug-likeness (QED) is 0.450. The number of thioether (sulfide) groups is 1. The first-order valence-corrected chi connectivity index (χ1v) is 8.47. The number of nitro groups is 1. The number of hydrogen-bond donors (Lipinski definition) is 1. The maximum absolute atomic E-state index is 12.1. The summed E-state index contributed by atoms with van der Waals surface area (Å²) in [5.41, 5.74) is 0.131. The Morgan fingerprint density at radius 3 is 2.74 bits per heavy atom. The smallest absolute Gasteiger partial charge is 0.323 e. The standard InChI is InChI=1S/C16H9ClN2O7S/c17-10-3-1-8(5-11(10)19(24)25)12-4-2-9(26-12)6-13-15(22)18(7-14(20)21)16(23)27-13/h1-6H,7H2,(H,20,21). The minimum absolute atomic E-state index is 0.0114. The third-order valence-corrected chi connectivity index (χ3v) is 4.72. The molecule has 1 saturated heterocycles.